The fourth-order valence-electron chi connectivity index (χ4n) is 2.22. The smallest absolute Gasteiger partial charge is 0.119 e. The number of thioether (sulfide) groups is 1. The molecule has 4 heteroatoms. The average Bonchev–Trinajstić information content (AvgIpc) is 2.85. The molecule has 0 unspecified atom stereocenters. The van der Waals surface area contributed by atoms with Gasteiger partial charge in [-0.3, -0.25) is 0 Å². The fraction of sp³-hybridized carbons (Fsp3) is 0.600. The van der Waals surface area contributed by atoms with Crippen LogP contribution < -0.4 is 10.1 Å². The quantitative estimate of drug-likeness (QED) is 0.841. The lowest BCUT2D eigenvalue weighted by Gasteiger charge is -2.24. The minimum absolute atomic E-state index is 0.241. The molecule has 3 nitrogen and oxygen atoms in total. The third kappa shape index (κ3) is 4.13. The molecule has 1 fully saturated rings. The number of hydrogen-bond acceptors (Lipinski definition) is 4. The lowest BCUT2D eigenvalue weighted by atomic mass is 10.0. The molecule has 0 spiro atoms. The lowest BCUT2D eigenvalue weighted by Crippen LogP contribution is -2.41. The van der Waals surface area contributed by atoms with Crippen LogP contribution in [0.1, 0.15) is 31.9 Å². The second-order valence-electron chi connectivity index (χ2n) is 5.13. The molecule has 0 aliphatic carbocycles. The summed E-state index contributed by atoms with van der Waals surface area (Å²) in [7, 11) is 0. The molecule has 1 aliphatic heterocycles. The summed E-state index contributed by atoms with van der Waals surface area (Å²) < 4.78 is 5.43. The SMILES string of the molecule is CCOc1ccc([C@@H](C)NC[C@]2(O)CCSC2)cc1. The molecule has 1 aliphatic rings. The maximum Gasteiger partial charge on any atom is 0.119 e. The number of aliphatic hydroxyl groups is 1. The second kappa shape index (κ2) is 6.64. The van der Waals surface area contributed by atoms with Crippen molar-refractivity contribution in [1.82, 2.24) is 5.32 Å². The van der Waals surface area contributed by atoms with Gasteiger partial charge in [0.25, 0.3) is 0 Å². The van der Waals surface area contributed by atoms with Crippen molar-refractivity contribution in [3.8, 4) is 5.75 Å². The van der Waals surface area contributed by atoms with Gasteiger partial charge < -0.3 is 15.2 Å². The van der Waals surface area contributed by atoms with E-state index in [1.807, 2.05) is 30.8 Å². The first-order valence-electron chi connectivity index (χ1n) is 6.89. The van der Waals surface area contributed by atoms with Gasteiger partial charge in [-0.15, -0.1) is 0 Å². The lowest BCUT2D eigenvalue weighted by molar-refractivity contribution is 0.0651. The number of rotatable bonds is 6. The highest BCUT2D eigenvalue weighted by Gasteiger charge is 2.31. The molecule has 19 heavy (non-hydrogen) atoms. The molecule has 0 aromatic heterocycles. The van der Waals surface area contributed by atoms with Gasteiger partial charge in [-0.05, 0) is 43.7 Å². The molecule has 1 aromatic rings. The Bertz CT molecular complexity index is 388. The van der Waals surface area contributed by atoms with E-state index in [-0.39, 0.29) is 6.04 Å². The van der Waals surface area contributed by atoms with Crippen LogP contribution in [0.4, 0.5) is 0 Å². The summed E-state index contributed by atoms with van der Waals surface area (Å²) in [6.45, 7) is 5.46. The van der Waals surface area contributed by atoms with E-state index in [0.717, 1.165) is 23.7 Å². The van der Waals surface area contributed by atoms with Gasteiger partial charge in [0.05, 0.1) is 12.2 Å². The summed E-state index contributed by atoms with van der Waals surface area (Å²) in [4.78, 5) is 0. The summed E-state index contributed by atoms with van der Waals surface area (Å²) in [5.74, 6) is 2.82. The van der Waals surface area contributed by atoms with Crippen LogP contribution in [-0.2, 0) is 0 Å². The monoisotopic (exact) mass is 281 g/mol. The molecule has 106 valence electrons. The highest BCUT2D eigenvalue weighted by Crippen LogP contribution is 2.28. The molecular weight excluding hydrogens is 258 g/mol. The Morgan fingerprint density at radius 3 is 2.74 bits per heavy atom. The van der Waals surface area contributed by atoms with Crippen molar-refractivity contribution in [1.29, 1.82) is 0 Å². The summed E-state index contributed by atoms with van der Waals surface area (Å²) in [6, 6.07) is 8.39. The summed E-state index contributed by atoms with van der Waals surface area (Å²) in [6.07, 6.45) is 0.890. The average molecular weight is 281 g/mol. The van der Waals surface area contributed by atoms with E-state index in [2.05, 4.69) is 24.4 Å². The molecule has 2 rings (SSSR count). The topological polar surface area (TPSA) is 41.5 Å². The van der Waals surface area contributed by atoms with Crippen LogP contribution in [0.2, 0.25) is 0 Å². The normalized spacial score (nSPS) is 24.4. The van der Waals surface area contributed by atoms with E-state index in [9.17, 15) is 5.11 Å². The van der Waals surface area contributed by atoms with Gasteiger partial charge in [-0.1, -0.05) is 12.1 Å². The van der Waals surface area contributed by atoms with Crippen molar-refractivity contribution in [2.75, 3.05) is 24.7 Å². The van der Waals surface area contributed by atoms with Gasteiger partial charge in [-0.2, -0.15) is 11.8 Å². The van der Waals surface area contributed by atoms with Gasteiger partial charge in [0.15, 0.2) is 0 Å². The van der Waals surface area contributed by atoms with E-state index in [0.29, 0.717) is 13.2 Å². The summed E-state index contributed by atoms with van der Waals surface area (Å²) in [5, 5.41) is 13.7. The third-order valence-electron chi connectivity index (χ3n) is 3.51. The van der Waals surface area contributed by atoms with E-state index in [1.165, 1.54) is 5.56 Å². The Morgan fingerprint density at radius 1 is 1.42 bits per heavy atom. The van der Waals surface area contributed by atoms with E-state index >= 15 is 0 Å². The highest BCUT2D eigenvalue weighted by atomic mass is 32.2. The predicted octanol–water partition coefficient (Wildman–Crippen LogP) is 2.60. The predicted molar refractivity (Wildman–Crippen MR) is 80.9 cm³/mol. The molecule has 1 heterocycles. The van der Waals surface area contributed by atoms with Gasteiger partial charge in [-0.25, -0.2) is 0 Å². The third-order valence-corrected chi connectivity index (χ3v) is 4.75. The highest BCUT2D eigenvalue weighted by molar-refractivity contribution is 7.99. The fourth-order valence-corrected chi connectivity index (χ4v) is 3.51. The zero-order valence-electron chi connectivity index (χ0n) is 11.7. The number of nitrogens with one attached hydrogen (secondary N) is 1. The standard InChI is InChI=1S/C15H23NO2S/c1-3-18-14-6-4-13(5-7-14)12(2)16-10-15(17)8-9-19-11-15/h4-7,12,16-17H,3,8-11H2,1-2H3/t12-,15-/m1/s1. The molecule has 2 atom stereocenters. The first kappa shape index (κ1) is 14.7. The van der Waals surface area contributed by atoms with Crippen LogP contribution in [0.25, 0.3) is 0 Å². The molecule has 0 amide bonds. The maximum absolute atomic E-state index is 10.3. The van der Waals surface area contributed by atoms with Crippen LogP contribution in [0.15, 0.2) is 24.3 Å². The van der Waals surface area contributed by atoms with E-state index in [1.54, 1.807) is 0 Å². The minimum Gasteiger partial charge on any atom is -0.494 e. The Kier molecular flexibility index (Phi) is 5.13. The second-order valence-corrected chi connectivity index (χ2v) is 6.24. The van der Waals surface area contributed by atoms with Crippen LogP contribution >= 0.6 is 11.8 Å². The Balaban J connectivity index is 1.86. The van der Waals surface area contributed by atoms with Crippen LogP contribution in [0, 0.1) is 0 Å². The number of ether oxygens (including phenoxy) is 1. The van der Waals surface area contributed by atoms with Crippen molar-refractivity contribution in [3.63, 3.8) is 0 Å². The molecule has 0 bridgehead atoms. The summed E-state index contributed by atoms with van der Waals surface area (Å²) in [5.41, 5.74) is 0.696. The van der Waals surface area contributed by atoms with Crippen molar-refractivity contribution >= 4 is 11.8 Å². The number of hydrogen-bond donors (Lipinski definition) is 2. The van der Waals surface area contributed by atoms with Crippen molar-refractivity contribution in [2.45, 2.75) is 31.9 Å². The first-order chi connectivity index (χ1) is 9.13. The first-order valence-corrected chi connectivity index (χ1v) is 8.05. The Labute approximate surface area is 119 Å². The van der Waals surface area contributed by atoms with Crippen LogP contribution in [0.5, 0.6) is 5.75 Å². The molecule has 1 saturated heterocycles. The molecule has 0 radical (unpaired) electrons. The maximum atomic E-state index is 10.3. The van der Waals surface area contributed by atoms with E-state index in [4.69, 9.17) is 4.74 Å². The Hall–Kier alpha value is -0.710. The van der Waals surface area contributed by atoms with Crippen molar-refractivity contribution in [2.24, 2.45) is 0 Å². The molecular formula is C15H23NO2S. The van der Waals surface area contributed by atoms with Gasteiger partial charge >= 0.3 is 0 Å². The number of benzene rings is 1. The molecule has 1 aromatic carbocycles. The van der Waals surface area contributed by atoms with Crippen LogP contribution in [0.3, 0.4) is 0 Å². The largest absolute Gasteiger partial charge is 0.494 e. The van der Waals surface area contributed by atoms with Gasteiger partial charge in [0.1, 0.15) is 5.75 Å². The van der Waals surface area contributed by atoms with Crippen LogP contribution in [-0.4, -0.2) is 35.4 Å². The van der Waals surface area contributed by atoms with Crippen molar-refractivity contribution < 1.29 is 9.84 Å². The van der Waals surface area contributed by atoms with E-state index < -0.39 is 5.60 Å². The Morgan fingerprint density at radius 2 is 2.16 bits per heavy atom. The zero-order chi connectivity index (χ0) is 13.7. The summed E-state index contributed by atoms with van der Waals surface area (Å²) >= 11 is 1.83. The zero-order valence-corrected chi connectivity index (χ0v) is 12.5. The molecule has 2 N–H and O–H groups in total. The molecule has 0 saturated carbocycles. The van der Waals surface area contributed by atoms with Crippen molar-refractivity contribution in [3.05, 3.63) is 29.8 Å². The minimum atomic E-state index is -0.524. The van der Waals surface area contributed by atoms with Gasteiger partial charge in [0, 0.05) is 18.3 Å². The van der Waals surface area contributed by atoms with Gasteiger partial charge in [0.2, 0.25) is 0 Å².